The summed E-state index contributed by atoms with van der Waals surface area (Å²) in [5.74, 6) is -0.945. The van der Waals surface area contributed by atoms with Gasteiger partial charge in [0.15, 0.2) is 6.61 Å². The molecule has 0 aromatic heterocycles. The molecule has 2 aromatic carbocycles. The summed E-state index contributed by atoms with van der Waals surface area (Å²) < 4.78 is 5.06. The minimum Gasteiger partial charge on any atom is -0.452 e. The van der Waals surface area contributed by atoms with Crippen molar-refractivity contribution in [2.45, 2.75) is 6.92 Å². The number of halogens is 1. The van der Waals surface area contributed by atoms with Crippen molar-refractivity contribution in [2.75, 3.05) is 30.9 Å². The molecule has 0 unspecified atom stereocenters. The quantitative estimate of drug-likeness (QED) is 0.842. The second-order valence-corrected chi connectivity index (χ2v) is 5.96. The van der Waals surface area contributed by atoms with Crippen LogP contribution < -0.4 is 10.2 Å². The highest BCUT2D eigenvalue weighted by Crippen LogP contribution is 2.19. The van der Waals surface area contributed by atoms with Crippen LogP contribution in [-0.2, 0) is 9.53 Å². The van der Waals surface area contributed by atoms with Gasteiger partial charge in [0.2, 0.25) is 0 Å². The number of carbonyl (C=O) groups is 2. The molecule has 0 heterocycles. The van der Waals surface area contributed by atoms with E-state index in [-0.39, 0.29) is 6.61 Å². The van der Waals surface area contributed by atoms with Crippen LogP contribution >= 0.6 is 11.6 Å². The first-order valence-corrected chi connectivity index (χ1v) is 7.75. The first-order valence-electron chi connectivity index (χ1n) is 7.37. The Labute approximate surface area is 146 Å². The Bertz CT molecular complexity index is 760. The molecule has 0 aliphatic carbocycles. The standard InChI is InChI=1S/C18H19ClN2O3/c1-12-9-14(19)7-8-16(12)20-17(22)11-24-18(23)13-5-4-6-15(10-13)21(2)3/h4-10H,11H2,1-3H3,(H,20,22). The molecular formula is C18H19ClN2O3. The Balaban J connectivity index is 1.93. The number of nitrogens with one attached hydrogen (secondary N) is 1. The van der Waals surface area contributed by atoms with Crippen molar-refractivity contribution in [1.82, 2.24) is 0 Å². The molecule has 24 heavy (non-hydrogen) atoms. The number of benzene rings is 2. The summed E-state index contributed by atoms with van der Waals surface area (Å²) in [5, 5.41) is 3.29. The molecule has 2 aromatic rings. The fraction of sp³-hybridized carbons (Fsp3) is 0.222. The van der Waals surface area contributed by atoms with E-state index in [1.165, 1.54) is 0 Å². The SMILES string of the molecule is Cc1cc(Cl)ccc1NC(=O)COC(=O)c1cccc(N(C)C)c1. The van der Waals surface area contributed by atoms with E-state index in [2.05, 4.69) is 5.32 Å². The Morgan fingerprint density at radius 1 is 1.17 bits per heavy atom. The van der Waals surface area contributed by atoms with Gasteiger partial charge in [-0.25, -0.2) is 4.79 Å². The van der Waals surface area contributed by atoms with E-state index in [0.717, 1.165) is 11.3 Å². The summed E-state index contributed by atoms with van der Waals surface area (Å²) in [5.41, 5.74) is 2.75. The van der Waals surface area contributed by atoms with Crippen LogP contribution in [0.4, 0.5) is 11.4 Å². The zero-order valence-electron chi connectivity index (χ0n) is 13.8. The highest BCUT2D eigenvalue weighted by Gasteiger charge is 2.12. The second kappa shape index (κ2) is 7.84. The molecule has 0 bridgehead atoms. The van der Waals surface area contributed by atoms with Gasteiger partial charge >= 0.3 is 5.97 Å². The van der Waals surface area contributed by atoms with Gasteiger partial charge in [0.25, 0.3) is 5.91 Å². The fourth-order valence-corrected chi connectivity index (χ4v) is 2.31. The van der Waals surface area contributed by atoms with Crippen LogP contribution in [0.25, 0.3) is 0 Å². The highest BCUT2D eigenvalue weighted by molar-refractivity contribution is 6.30. The topological polar surface area (TPSA) is 58.6 Å². The summed E-state index contributed by atoms with van der Waals surface area (Å²) >= 11 is 5.87. The van der Waals surface area contributed by atoms with Crippen LogP contribution in [-0.4, -0.2) is 32.6 Å². The fourth-order valence-electron chi connectivity index (χ4n) is 2.08. The van der Waals surface area contributed by atoms with E-state index in [1.807, 2.05) is 32.0 Å². The molecule has 1 amide bonds. The molecule has 6 heteroatoms. The Hall–Kier alpha value is -2.53. The van der Waals surface area contributed by atoms with Crippen LogP contribution in [0.5, 0.6) is 0 Å². The lowest BCUT2D eigenvalue weighted by molar-refractivity contribution is -0.119. The smallest absolute Gasteiger partial charge is 0.338 e. The molecule has 0 fully saturated rings. The number of amides is 1. The first-order chi connectivity index (χ1) is 11.4. The molecular weight excluding hydrogens is 328 g/mol. The summed E-state index contributed by atoms with van der Waals surface area (Å²) in [6, 6.07) is 12.1. The zero-order valence-corrected chi connectivity index (χ0v) is 14.6. The van der Waals surface area contributed by atoms with Crippen molar-refractivity contribution in [3.05, 3.63) is 58.6 Å². The molecule has 5 nitrogen and oxygen atoms in total. The molecule has 2 rings (SSSR count). The van der Waals surface area contributed by atoms with Crippen molar-refractivity contribution >= 4 is 34.9 Å². The van der Waals surface area contributed by atoms with Gasteiger partial charge in [0.05, 0.1) is 5.56 Å². The summed E-state index contributed by atoms with van der Waals surface area (Å²) in [7, 11) is 3.76. The molecule has 0 aliphatic heterocycles. The number of rotatable bonds is 5. The average Bonchev–Trinajstić information content (AvgIpc) is 2.55. The maximum Gasteiger partial charge on any atom is 0.338 e. The molecule has 0 radical (unpaired) electrons. The maximum absolute atomic E-state index is 12.0. The predicted octanol–water partition coefficient (Wildman–Crippen LogP) is 3.51. The van der Waals surface area contributed by atoms with Gasteiger partial charge in [-0.2, -0.15) is 0 Å². The monoisotopic (exact) mass is 346 g/mol. The lowest BCUT2D eigenvalue weighted by atomic mass is 10.2. The van der Waals surface area contributed by atoms with Gasteiger partial charge in [0.1, 0.15) is 0 Å². The van der Waals surface area contributed by atoms with Gasteiger partial charge in [0, 0.05) is 30.5 Å². The van der Waals surface area contributed by atoms with Gasteiger partial charge in [-0.05, 0) is 48.9 Å². The molecule has 0 saturated carbocycles. The Morgan fingerprint density at radius 3 is 2.58 bits per heavy atom. The molecule has 0 spiro atoms. The van der Waals surface area contributed by atoms with E-state index < -0.39 is 11.9 Å². The number of aryl methyl sites for hydroxylation is 1. The second-order valence-electron chi connectivity index (χ2n) is 5.53. The summed E-state index contributed by atoms with van der Waals surface area (Å²) in [4.78, 5) is 25.9. The van der Waals surface area contributed by atoms with Gasteiger partial charge in [-0.15, -0.1) is 0 Å². The lowest BCUT2D eigenvalue weighted by Gasteiger charge is -2.13. The summed E-state index contributed by atoms with van der Waals surface area (Å²) in [6.45, 7) is 1.48. The zero-order chi connectivity index (χ0) is 17.7. The van der Waals surface area contributed by atoms with Crippen LogP contribution in [0.2, 0.25) is 5.02 Å². The molecule has 0 aliphatic rings. The number of carbonyl (C=O) groups excluding carboxylic acids is 2. The van der Waals surface area contributed by atoms with Crippen LogP contribution in [0.15, 0.2) is 42.5 Å². The number of esters is 1. The third-order valence-electron chi connectivity index (χ3n) is 3.40. The number of anilines is 2. The predicted molar refractivity (Wildman–Crippen MR) is 95.9 cm³/mol. The van der Waals surface area contributed by atoms with Crippen molar-refractivity contribution in [3.8, 4) is 0 Å². The number of nitrogens with zero attached hydrogens (tertiary/aromatic N) is 1. The van der Waals surface area contributed by atoms with Crippen molar-refractivity contribution < 1.29 is 14.3 Å². The van der Waals surface area contributed by atoms with Gasteiger partial charge in [-0.3, -0.25) is 4.79 Å². The Kier molecular flexibility index (Phi) is 5.82. The molecule has 0 saturated heterocycles. The minimum atomic E-state index is -0.540. The number of hydrogen-bond acceptors (Lipinski definition) is 4. The van der Waals surface area contributed by atoms with E-state index >= 15 is 0 Å². The van der Waals surface area contributed by atoms with E-state index in [4.69, 9.17) is 16.3 Å². The molecule has 1 N–H and O–H groups in total. The third-order valence-corrected chi connectivity index (χ3v) is 3.63. The van der Waals surface area contributed by atoms with Crippen molar-refractivity contribution in [2.24, 2.45) is 0 Å². The first kappa shape index (κ1) is 17.8. The van der Waals surface area contributed by atoms with Gasteiger partial charge in [-0.1, -0.05) is 17.7 Å². The maximum atomic E-state index is 12.0. The molecule has 0 atom stereocenters. The van der Waals surface area contributed by atoms with E-state index in [1.54, 1.807) is 36.4 Å². The highest BCUT2D eigenvalue weighted by atomic mass is 35.5. The van der Waals surface area contributed by atoms with Gasteiger partial charge < -0.3 is 15.0 Å². The van der Waals surface area contributed by atoms with E-state index in [9.17, 15) is 9.59 Å². The Morgan fingerprint density at radius 2 is 1.92 bits per heavy atom. The normalized spacial score (nSPS) is 10.2. The third kappa shape index (κ3) is 4.73. The minimum absolute atomic E-state index is 0.354. The van der Waals surface area contributed by atoms with Crippen molar-refractivity contribution in [3.63, 3.8) is 0 Å². The van der Waals surface area contributed by atoms with Crippen LogP contribution in [0.1, 0.15) is 15.9 Å². The number of hydrogen-bond donors (Lipinski definition) is 1. The average molecular weight is 347 g/mol. The van der Waals surface area contributed by atoms with Crippen LogP contribution in [0.3, 0.4) is 0 Å². The van der Waals surface area contributed by atoms with Crippen LogP contribution in [0, 0.1) is 6.92 Å². The van der Waals surface area contributed by atoms with Crippen molar-refractivity contribution in [1.29, 1.82) is 0 Å². The lowest BCUT2D eigenvalue weighted by Crippen LogP contribution is -2.21. The largest absolute Gasteiger partial charge is 0.452 e. The molecule has 126 valence electrons. The van der Waals surface area contributed by atoms with E-state index in [0.29, 0.717) is 16.3 Å². The summed E-state index contributed by atoms with van der Waals surface area (Å²) in [6.07, 6.45) is 0. The number of ether oxygens (including phenoxy) is 1.